The van der Waals surface area contributed by atoms with Crippen molar-refractivity contribution in [1.82, 2.24) is 4.57 Å². The summed E-state index contributed by atoms with van der Waals surface area (Å²) in [6.45, 7) is 1.50. The molecule has 1 N–H and O–H groups in total. The Hall–Kier alpha value is -4.36. The molecule has 3 aromatic carbocycles. The second kappa shape index (κ2) is 11.3. The molecule has 2 aliphatic rings. The molecule has 2 aliphatic heterocycles. The second-order valence-corrected chi connectivity index (χ2v) is 12.5. The summed E-state index contributed by atoms with van der Waals surface area (Å²) in [5.41, 5.74) is 0.300. The van der Waals surface area contributed by atoms with Crippen LogP contribution in [0.5, 0.6) is 5.75 Å². The van der Waals surface area contributed by atoms with Crippen molar-refractivity contribution in [2.24, 2.45) is 5.92 Å². The summed E-state index contributed by atoms with van der Waals surface area (Å²) < 4.78 is 48.8. The molecular formula is C31H24F3N3O5S2. The largest absolute Gasteiger partial charge is 0.496 e. The topological polar surface area (TPSA) is 97.7 Å². The average Bonchev–Trinajstić information content (AvgIpc) is 3.42. The number of ether oxygens (including phenoxy) is 1. The molecule has 3 heterocycles. The molecule has 6 rings (SSSR count). The maximum atomic E-state index is 14.1. The van der Waals surface area contributed by atoms with Crippen molar-refractivity contribution in [3.63, 3.8) is 0 Å². The first kappa shape index (κ1) is 29.7. The number of para-hydroxylation sites is 2. The van der Waals surface area contributed by atoms with E-state index in [-0.39, 0.29) is 6.54 Å². The molecular weight excluding hydrogens is 615 g/mol. The number of rotatable bonds is 6. The highest BCUT2D eigenvalue weighted by atomic mass is 32.2. The summed E-state index contributed by atoms with van der Waals surface area (Å²) in [5, 5.41) is 1.92. The van der Waals surface area contributed by atoms with Gasteiger partial charge < -0.3 is 10.1 Å². The second-order valence-electron chi connectivity index (χ2n) is 10.4. The monoisotopic (exact) mass is 639 g/mol. The molecule has 44 heavy (non-hydrogen) atoms. The van der Waals surface area contributed by atoms with Crippen molar-refractivity contribution in [3.05, 3.63) is 104 Å². The van der Waals surface area contributed by atoms with E-state index < -0.39 is 57.1 Å². The molecule has 226 valence electrons. The molecule has 3 amide bonds. The normalized spacial score (nSPS) is 19.5. The lowest BCUT2D eigenvalue weighted by atomic mass is 9.82. The maximum absolute atomic E-state index is 14.1. The molecule has 0 saturated carbocycles. The number of thiazole rings is 1. The third-order valence-electron chi connectivity index (χ3n) is 7.58. The Labute approximate surface area is 257 Å². The van der Waals surface area contributed by atoms with Crippen molar-refractivity contribution in [3.8, 4) is 5.75 Å². The van der Waals surface area contributed by atoms with E-state index in [1.54, 1.807) is 42.5 Å². The summed E-state index contributed by atoms with van der Waals surface area (Å²) in [4.78, 5) is 55.0. The van der Waals surface area contributed by atoms with E-state index in [1.165, 1.54) is 23.8 Å². The lowest BCUT2D eigenvalue weighted by Gasteiger charge is -2.31. The van der Waals surface area contributed by atoms with Gasteiger partial charge >= 0.3 is 11.0 Å². The fourth-order valence-electron chi connectivity index (χ4n) is 5.73. The number of anilines is 2. The number of halogens is 3. The molecule has 3 atom stereocenters. The number of amides is 3. The Morgan fingerprint density at radius 1 is 0.977 bits per heavy atom. The minimum Gasteiger partial charge on any atom is -0.496 e. The number of nitrogens with one attached hydrogen (secondary N) is 1. The van der Waals surface area contributed by atoms with Crippen LogP contribution in [-0.4, -0.2) is 34.6 Å². The predicted molar refractivity (Wildman–Crippen MR) is 160 cm³/mol. The smallest absolute Gasteiger partial charge is 0.418 e. The van der Waals surface area contributed by atoms with Crippen molar-refractivity contribution in [1.29, 1.82) is 0 Å². The molecule has 4 aromatic rings. The zero-order valence-electron chi connectivity index (χ0n) is 23.3. The number of alkyl halides is 3. The number of nitrogens with zero attached hydrogens (tertiary/aromatic N) is 2. The van der Waals surface area contributed by atoms with E-state index in [9.17, 15) is 32.3 Å². The number of benzene rings is 3. The highest BCUT2D eigenvalue weighted by molar-refractivity contribution is 8.00. The van der Waals surface area contributed by atoms with Gasteiger partial charge in [0.2, 0.25) is 17.7 Å². The van der Waals surface area contributed by atoms with Crippen molar-refractivity contribution < 1.29 is 32.3 Å². The van der Waals surface area contributed by atoms with E-state index in [2.05, 4.69) is 5.32 Å². The standard InChI is InChI=1S/C31H24F3N3O5S2/c1-16-8-7-9-17(14-16)35-22(38)15-36-29-26(44-30(36)41)23(18-10-3-6-13-21(18)42-2)24-25(43-29)28(40)37(27(24)39)20-12-5-4-11-19(20)31(32,33)34/h3-14,23-25H,15H2,1-2H3,(H,35,38)/t23-,24-,25+/m0/s1. The van der Waals surface area contributed by atoms with Gasteiger partial charge in [-0.3, -0.25) is 23.7 Å². The van der Waals surface area contributed by atoms with Gasteiger partial charge in [-0.15, -0.1) is 0 Å². The number of carbonyl (C=O) groups excluding carboxylic acids is 3. The molecule has 13 heteroatoms. The number of thioether (sulfide) groups is 1. The van der Waals surface area contributed by atoms with Crippen LogP contribution in [0.4, 0.5) is 24.5 Å². The van der Waals surface area contributed by atoms with Gasteiger partial charge in [0.15, 0.2) is 0 Å². The first-order valence-electron chi connectivity index (χ1n) is 13.4. The van der Waals surface area contributed by atoms with Gasteiger partial charge in [0, 0.05) is 22.0 Å². The summed E-state index contributed by atoms with van der Waals surface area (Å²) >= 11 is 1.76. The molecule has 0 spiro atoms. The van der Waals surface area contributed by atoms with E-state index in [1.807, 2.05) is 13.0 Å². The van der Waals surface area contributed by atoms with Crippen LogP contribution in [0.2, 0.25) is 0 Å². The summed E-state index contributed by atoms with van der Waals surface area (Å²) in [7, 11) is 1.44. The highest BCUT2D eigenvalue weighted by Crippen LogP contribution is 2.55. The number of aromatic nitrogens is 1. The van der Waals surface area contributed by atoms with Crippen molar-refractivity contribution in [2.75, 3.05) is 17.3 Å². The van der Waals surface area contributed by atoms with Gasteiger partial charge in [0.25, 0.3) is 0 Å². The Morgan fingerprint density at radius 2 is 1.70 bits per heavy atom. The SMILES string of the molecule is COc1ccccc1[C@@H]1c2sc(=O)n(CC(=O)Nc3cccc(C)c3)c2S[C@H]2C(=O)N(c3ccccc3C(F)(F)F)C(=O)[C@@H]12. The Balaban J connectivity index is 1.46. The zero-order valence-corrected chi connectivity index (χ0v) is 24.9. The van der Waals surface area contributed by atoms with Gasteiger partial charge in [-0.1, -0.05) is 65.6 Å². The third kappa shape index (κ3) is 5.09. The Bertz CT molecular complexity index is 1870. The highest BCUT2D eigenvalue weighted by Gasteiger charge is 2.58. The minimum absolute atomic E-state index is 0.309. The number of aryl methyl sites for hydroxylation is 1. The fraction of sp³-hybridized carbons (Fsp3) is 0.226. The van der Waals surface area contributed by atoms with Crippen LogP contribution in [0.3, 0.4) is 0 Å². The molecule has 0 aliphatic carbocycles. The van der Waals surface area contributed by atoms with E-state index in [4.69, 9.17) is 4.74 Å². The molecule has 1 aromatic heterocycles. The van der Waals surface area contributed by atoms with Gasteiger partial charge in [0.05, 0.1) is 29.3 Å². The van der Waals surface area contributed by atoms with Crippen molar-refractivity contribution in [2.45, 2.75) is 35.8 Å². The number of methoxy groups -OCH3 is 1. The van der Waals surface area contributed by atoms with Crippen LogP contribution in [0.1, 0.15) is 27.5 Å². The Morgan fingerprint density at radius 3 is 2.43 bits per heavy atom. The molecule has 0 bridgehead atoms. The van der Waals surface area contributed by atoms with Crippen LogP contribution >= 0.6 is 23.1 Å². The Kier molecular flexibility index (Phi) is 7.62. The van der Waals surface area contributed by atoms with Crippen LogP contribution in [-0.2, 0) is 27.1 Å². The fourth-order valence-corrected chi connectivity index (χ4v) is 8.49. The summed E-state index contributed by atoms with van der Waals surface area (Å²) in [6.07, 6.45) is -4.82. The molecule has 0 unspecified atom stereocenters. The molecule has 8 nitrogen and oxygen atoms in total. The minimum atomic E-state index is -4.82. The number of fused-ring (bicyclic) bond motifs is 2. The van der Waals surface area contributed by atoms with Gasteiger partial charge in [0.1, 0.15) is 17.5 Å². The van der Waals surface area contributed by atoms with Gasteiger partial charge in [-0.2, -0.15) is 13.2 Å². The maximum Gasteiger partial charge on any atom is 0.418 e. The van der Waals surface area contributed by atoms with E-state index >= 15 is 0 Å². The van der Waals surface area contributed by atoms with Crippen LogP contribution in [0.25, 0.3) is 0 Å². The van der Waals surface area contributed by atoms with Crippen molar-refractivity contribution >= 4 is 52.2 Å². The number of imide groups is 1. The average molecular weight is 640 g/mol. The van der Waals surface area contributed by atoms with Crippen LogP contribution in [0.15, 0.2) is 82.6 Å². The first-order chi connectivity index (χ1) is 21.0. The molecule has 1 saturated heterocycles. The summed E-state index contributed by atoms with van der Waals surface area (Å²) in [6, 6.07) is 18.4. The lowest BCUT2D eigenvalue weighted by molar-refractivity contribution is -0.137. The predicted octanol–water partition coefficient (Wildman–Crippen LogP) is 5.68. The first-order valence-corrected chi connectivity index (χ1v) is 15.1. The van der Waals surface area contributed by atoms with E-state index in [0.29, 0.717) is 31.8 Å². The number of hydrogen-bond acceptors (Lipinski definition) is 7. The zero-order chi connectivity index (χ0) is 31.3. The number of carbonyl (C=O) groups is 3. The number of hydrogen-bond donors (Lipinski definition) is 1. The van der Waals surface area contributed by atoms with Gasteiger partial charge in [-0.25, -0.2) is 4.90 Å². The molecule has 0 radical (unpaired) electrons. The quantitative estimate of drug-likeness (QED) is 0.273. The third-order valence-corrected chi connectivity index (χ3v) is 10.2. The lowest BCUT2D eigenvalue weighted by Crippen LogP contribution is -2.33. The van der Waals surface area contributed by atoms with E-state index in [0.717, 1.165) is 40.8 Å². The van der Waals surface area contributed by atoms with Gasteiger partial charge in [-0.05, 0) is 42.8 Å². The summed E-state index contributed by atoms with van der Waals surface area (Å²) in [5.74, 6) is -3.77. The molecule has 1 fully saturated rings. The van der Waals surface area contributed by atoms with Crippen LogP contribution in [0, 0.1) is 12.8 Å². The van der Waals surface area contributed by atoms with Crippen LogP contribution < -0.4 is 19.8 Å².